The van der Waals surface area contributed by atoms with Crippen molar-refractivity contribution in [2.24, 2.45) is 5.92 Å². The van der Waals surface area contributed by atoms with E-state index >= 15 is 0 Å². The van der Waals surface area contributed by atoms with Gasteiger partial charge in [0, 0.05) is 24.8 Å². The van der Waals surface area contributed by atoms with Crippen LogP contribution in [0.25, 0.3) is 0 Å². The molecule has 0 spiro atoms. The Balaban J connectivity index is 1.50. The van der Waals surface area contributed by atoms with E-state index < -0.39 is 0 Å². The summed E-state index contributed by atoms with van der Waals surface area (Å²) in [5.74, 6) is 0.828. The number of benzene rings is 1. The molecule has 2 N–H and O–H groups in total. The van der Waals surface area contributed by atoms with Crippen LogP contribution in [0.4, 0.5) is 5.69 Å². The lowest BCUT2D eigenvalue weighted by atomic mass is 9.93. The van der Waals surface area contributed by atoms with Crippen molar-refractivity contribution in [1.82, 2.24) is 10.2 Å². The molecule has 1 amide bonds. The first kappa shape index (κ1) is 13.6. The highest BCUT2D eigenvalue weighted by molar-refractivity contribution is 5.92. The van der Waals surface area contributed by atoms with E-state index in [0.717, 1.165) is 31.2 Å². The van der Waals surface area contributed by atoms with Crippen LogP contribution in [0.2, 0.25) is 0 Å². The molecule has 4 heteroatoms. The Morgan fingerprint density at radius 1 is 1.35 bits per heavy atom. The summed E-state index contributed by atoms with van der Waals surface area (Å²) in [5.41, 5.74) is 2.09. The lowest BCUT2D eigenvalue weighted by molar-refractivity contribution is -0.117. The molecule has 108 valence electrons. The molecule has 2 heterocycles. The van der Waals surface area contributed by atoms with Crippen molar-refractivity contribution in [2.45, 2.75) is 25.8 Å². The van der Waals surface area contributed by atoms with Crippen molar-refractivity contribution < 1.29 is 4.79 Å². The fourth-order valence-corrected chi connectivity index (χ4v) is 3.31. The number of rotatable bonds is 3. The maximum Gasteiger partial charge on any atom is 0.238 e. The van der Waals surface area contributed by atoms with Crippen LogP contribution in [-0.4, -0.2) is 43.0 Å². The smallest absolute Gasteiger partial charge is 0.238 e. The largest absolute Gasteiger partial charge is 0.325 e. The number of aryl methyl sites for hydroxylation is 1. The lowest BCUT2D eigenvalue weighted by Crippen LogP contribution is -2.46. The molecule has 2 aliphatic rings. The highest BCUT2D eigenvalue weighted by atomic mass is 16.2. The van der Waals surface area contributed by atoms with Gasteiger partial charge in [-0.2, -0.15) is 0 Å². The summed E-state index contributed by atoms with van der Waals surface area (Å²) < 4.78 is 0. The van der Waals surface area contributed by atoms with E-state index in [-0.39, 0.29) is 5.91 Å². The van der Waals surface area contributed by atoms with Crippen LogP contribution in [0.5, 0.6) is 0 Å². The van der Waals surface area contributed by atoms with E-state index in [1.165, 1.54) is 18.4 Å². The molecule has 1 aromatic carbocycles. The van der Waals surface area contributed by atoms with Crippen molar-refractivity contribution in [3.05, 3.63) is 29.8 Å². The molecule has 0 saturated carbocycles. The zero-order valence-electron chi connectivity index (χ0n) is 12.1. The van der Waals surface area contributed by atoms with Gasteiger partial charge >= 0.3 is 0 Å². The van der Waals surface area contributed by atoms with Crippen LogP contribution < -0.4 is 10.6 Å². The summed E-state index contributed by atoms with van der Waals surface area (Å²) in [6.45, 7) is 5.77. The van der Waals surface area contributed by atoms with Gasteiger partial charge < -0.3 is 10.6 Å². The van der Waals surface area contributed by atoms with Gasteiger partial charge in [0.05, 0.1) is 6.54 Å². The quantitative estimate of drug-likeness (QED) is 0.879. The SMILES string of the molecule is Cc1ccc(NC(=O)CN2CCC3NCCC3C2)cc1. The minimum Gasteiger partial charge on any atom is -0.325 e. The summed E-state index contributed by atoms with van der Waals surface area (Å²) >= 11 is 0. The Labute approximate surface area is 120 Å². The number of nitrogens with zero attached hydrogens (tertiary/aromatic N) is 1. The molecule has 2 fully saturated rings. The van der Waals surface area contributed by atoms with Crippen molar-refractivity contribution >= 4 is 11.6 Å². The standard InChI is InChI=1S/C16H23N3O/c1-12-2-4-14(5-3-12)18-16(20)11-19-9-7-15-13(10-19)6-8-17-15/h2-5,13,15,17H,6-11H2,1H3,(H,18,20). The van der Waals surface area contributed by atoms with Gasteiger partial charge in [-0.25, -0.2) is 0 Å². The number of piperidine rings is 1. The van der Waals surface area contributed by atoms with Gasteiger partial charge in [-0.05, 0) is 44.4 Å². The third kappa shape index (κ3) is 3.19. The van der Waals surface area contributed by atoms with Gasteiger partial charge in [0.15, 0.2) is 0 Å². The summed E-state index contributed by atoms with van der Waals surface area (Å²) in [4.78, 5) is 14.4. The summed E-state index contributed by atoms with van der Waals surface area (Å²) in [5, 5.41) is 6.53. The van der Waals surface area contributed by atoms with Crippen LogP contribution in [0.1, 0.15) is 18.4 Å². The molecule has 0 radical (unpaired) electrons. The van der Waals surface area contributed by atoms with E-state index in [9.17, 15) is 4.79 Å². The van der Waals surface area contributed by atoms with E-state index in [2.05, 4.69) is 15.5 Å². The number of carbonyl (C=O) groups excluding carboxylic acids is 1. The highest BCUT2D eigenvalue weighted by Gasteiger charge is 2.32. The Bertz CT molecular complexity index is 471. The third-order valence-corrected chi connectivity index (χ3v) is 4.44. The minimum absolute atomic E-state index is 0.0956. The monoisotopic (exact) mass is 273 g/mol. The van der Waals surface area contributed by atoms with Crippen LogP contribution in [0.3, 0.4) is 0 Å². The van der Waals surface area contributed by atoms with E-state index in [1.54, 1.807) is 0 Å². The second-order valence-electron chi connectivity index (χ2n) is 6.05. The Hall–Kier alpha value is -1.39. The lowest BCUT2D eigenvalue weighted by Gasteiger charge is -2.34. The van der Waals surface area contributed by atoms with E-state index in [1.807, 2.05) is 31.2 Å². The second kappa shape index (κ2) is 5.94. The zero-order valence-corrected chi connectivity index (χ0v) is 12.1. The average molecular weight is 273 g/mol. The van der Waals surface area contributed by atoms with Crippen molar-refractivity contribution in [3.63, 3.8) is 0 Å². The Morgan fingerprint density at radius 3 is 2.95 bits per heavy atom. The third-order valence-electron chi connectivity index (χ3n) is 4.44. The Kier molecular flexibility index (Phi) is 4.03. The Morgan fingerprint density at radius 2 is 2.15 bits per heavy atom. The van der Waals surface area contributed by atoms with Crippen LogP contribution >= 0.6 is 0 Å². The summed E-state index contributed by atoms with van der Waals surface area (Å²) in [7, 11) is 0. The molecule has 0 bridgehead atoms. The van der Waals surface area contributed by atoms with Gasteiger partial charge in [0.25, 0.3) is 0 Å². The molecule has 1 aromatic rings. The number of fused-ring (bicyclic) bond motifs is 1. The molecule has 2 unspecified atom stereocenters. The van der Waals surface area contributed by atoms with Gasteiger partial charge in [0.2, 0.25) is 5.91 Å². The summed E-state index contributed by atoms with van der Waals surface area (Å²) in [6, 6.07) is 8.64. The molecule has 2 saturated heterocycles. The number of hydrogen-bond acceptors (Lipinski definition) is 3. The van der Waals surface area contributed by atoms with E-state index in [4.69, 9.17) is 0 Å². The predicted molar refractivity (Wildman–Crippen MR) is 80.8 cm³/mol. The zero-order chi connectivity index (χ0) is 13.9. The van der Waals surface area contributed by atoms with Crippen molar-refractivity contribution in [3.8, 4) is 0 Å². The molecule has 4 nitrogen and oxygen atoms in total. The average Bonchev–Trinajstić information content (AvgIpc) is 2.89. The number of amides is 1. The molecule has 0 aliphatic carbocycles. The maximum atomic E-state index is 12.1. The van der Waals surface area contributed by atoms with Gasteiger partial charge in [-0.15, -0.1) is 0 Å². The van der Waals surface area contributed by atoms with Gasteiger partial charge in [-0.1, -0.05) is 17.7 Å². The fourth-order valence-electron chi connectivity index (χ4n) is 3.31. The first-order chi connectivity index (χ1) is 9.70. The molecule has 2 aliphatic heterocycles. The minimum atomic E-state index is 0.0956. The molecule has 3 rings (SSSR count). The fraction of sp³-hybridized carbons (Fsp3) is 0.562. The number of likely N-dealkylation sites (tertiary alicyclic amines) is 1. The van der Waals surface area contributed by atoms with Crippen molar-refractivity contribution in [2.75, 3.05) is 31.5 Å². The van der Waals surface area contributed by atoms with E-state index in [0.29, 0.717) is 12.6 Å². The molecule has 0 aromatic heterocycles. The summed E-state index contributed by atoms with van der Waals surface area (Å²) in [6.07, 6.45) is 2.42. The molecular weight excluding hydrogens is 250 g/mol. The van der Waals surface area contributed by atoms with Crippen LogP contribution in [0.15, 0.2) is 24.3 Å². The van der Waals surface area contributed by atoms with Gasteiger partial charge in [0.1, 0.15) is 0 Å². The molecular formula is C16H23N3O. The number of hydrogen-bond donors (Lipinski definition) is 2. The number of nitrogens with one attached hydrogen (secondary N) is 2. The first-order valence-corrected chi connectivity index (χ1v) is 7.53. The molecule has 2 atom stereocenters. The van der Waals surface area contributed by atoms with Crippen molar-refractivity contribution in [1.29, 1.82) is 0 Å². The predicted octanol–water partition coefficient (Wildman–Crippen LogP) is 1.62. The number of carbonyl (C=O) groups is 1. The second-order valence-corrected chi connectivity index (χ2v) is 6.05. The van der Waals surface area contributed by atoms with Gasteiger partial charge in [-0.3, -0.25) is 9.69 Å². The first-order valence-electron chi connectivity index (χ1n) is 7.53. The normalized spacial score (nSPS) is 26.2. The number of anilines is 1. The topological polar surface area (TPSA) is 44.4 Å². The highest BCUT2D eigenvalue weighted by Crippen LogP contribution is 2.24. The van der Waals surface area contributed by atoms with Crippen LogP contribution in [0, 0.1) is 12.8 Å². The maximum absolute atomic E-state index is 12.1. The van der Waals surface area contributed by atoms with Crippen LogP contribution in [-0.2, 0) is 4.79 Å². The molecule has 20 heavy (non-hydrogen) atoms.